The van der Waals surface area contributed by atoms with Crippen molar-refractivity contribution in [2.75, 3.05) is 32.1 Å². The molecule has 0 aliphatic heterocycles. The monoisotopic (exact) mass is 375 g/mol. The molecule has 0 saturated carbocycles. The first-order chi connectivity index (χ1) is 12.5. The zero-order valence-corrected chi connectivity index (χ0v) is 16.2. The Morgan fingerprint density at radius 1 is 1.31 bits per heavy atom. The average molecular weight is 375 g/mol. The molecule has 0 spiro atoms. The van der Waals surface area contributed by atoms with Crippen LogP contribution in [-0.2, 0) is 14.3 Å². The average Bonchev–Trinajstić information content (AvgIpc) is 3.04. The Morgan fingerprint density at radius 2 is 2.04 bits per heavy atom. The van der Waals surface area contributed by atoms with E-state index < -0.39 is 0 Å². The van der Waals surface area contributed by atoms with E-state index in [9.17, 15) is 9.59 Å². The van der Waals surface area contributed by atoms with Crippen molar-refractivity contribution < 1.29 is 14.3 Å². The molecule has 0 aliphatic carbocycles. The number of nitrogens with one attached hydrogen (secondary N) is 1. The lowest BCUT2D eigenvalue weighted by molar-refractivity contribution is -0.136. The molecule has 0 aliphatic rings. The number of aromatic nitrogens is 1. The number of nitrogens with zero attached hydrogens (tertiary/aromatic N) is 2. The van der Waals surface area contributed by atoms with E-state index >= 15 is 0 Å². The van der Waals surface area contributed by atoms with Crippen molar-refractivity contribution >= 4 is 28.3 Å². The van der Waals surface area contributed by atoms with Crippen molar-refractivity contribution in [3.63, 3.8) is 0 Å². The molecule has 2 amide bonds. The van der Waals surface area contributed by atoms with E-state index in [0.29, 0.717) is 24.7 Å². The van der Waals surface area contributed by atoms with Gasteiger partial charge in [0.05, 0.1) is 18.2 Å². The highest BCUT2D eigenvalue weighted by Crippen LogP contribution is 2.22. The standard InChI is InChI=1S/C19H25N3O3S/c1-4-16(15-8-6-5-7-9-15)18(24)22(10-11-25-3)12-17(23)21-19-20-14(2)13-26-19/h5-9,13,16H,4,10-12H2,1-3H3,(H,20,21,23)/t16-/m1/s1. The van der Waals surface area contributed by atoms with Crippen LogP contribution in [0.15, 0.2) is 35.7 Å². The normalized spacial score (nSPS) is 11.8. The number of hydrogen-bond acceptors (Lipinski definition) is 5. The van der Waals surface area contributed by atoms with Crippen molar-refractivity contribution in [2.45, 2.75) is 26.2 Å². The van der Waals surface area contributed by atoms with Gasteiger partial charge in [-0.1, -0.05) is 37.3 Å². The fraction of sp³-hybridized carbons (Fsp3) is 0.421. The summed E-state index contributed by atoms with van der Waals surface area (Å²) in [6, 6.07) is 9.65. The lowest BCUT2D eigenvalue weighted by Gasteiger charge is -2.26. The minimum absolute atomic E-state index is 0.0237. The number of ether oxygens (including phenoxy) is 1. The minimum atomic E-state index is -0.275. The van der Waals surface area contributed by atoms with Crippen molar-refractivity contribution in [1.82, 2.24) is 9.88 Å². The molecule has 0 radical (unpaired) electrons. The van der Waals surface area contributed by atoms with Crippen molar-refractivity contribution in [2.24, 2.45) is 0 Å². The summed E-state index contributed by atoms with van der Waals surface area (Å²) in [6.45, 7) is 4.56. The molecular formula is C19H25N3O3S. The number of aryl methyl sites for hydroxylation is 1. The number of thiazole rings is 1. The molecule has 0 bridgehead atoms. The van der Waals surface area contributed by atoms with Gasteiger partial charge in [-0.25, -0.2) is 4.98 Å². The zero-order valence-electron chi connectivity index (χ0n) is 15.4. The molecule has 7 heteroatoms. The van der Waals surface area contributed by atoms with E-state index in [1.165, 1.54) is 11.3 Å². The molecule has 1 heterocycles. The predicted molar refractivity (Wildman–Crippen MR) is 103 cm³/mol. The molecular weight excluding hydrogens is 350 g/mol. The number of benzene rings is 1. The van der Waals surface area contributed by atoms with E-state index in [0.717, 1.165) is 11.3 Å². The minimum Gasteiger partial charge on any atom is -0.383 e. The molecule has 1 aromatic heterocycles. The van der Waals surface area contributed by atoms with Gasteiger partial charge in [-0.15, -0.1) is 11.3 Å². The molecule has 1 atom stereocenters. The number of anilines is 1. The molecule has 1 aromatic carbocycles. The molecule has 0 unspecified atom stereocenters. The Morgan fingerprint density at radius 3 is 2.62 bits per heavy atom. The Bertz CT molecular complexity index is 718. The number of amides is 2. The van der Waals surface area contributed by atoms with Crippen molar-refractivity contribution in [3.8, 4) is 0 Å². The van der Waals surface area contributed by atoms with Gasteiger partial charge in [0.2, 0.25) is 11.8 Å². The Labute approximate surface area is 158 Å². The molecule has 1 N–H and O–H groups in total. The van der Waals surface area contributed by atoms with Crippen LogP contribution >= 0.6 is 11.3 Å². The third kappa shape index (κ3) is 5.64. The van der Waals surface area contributed by atoms with Gasteiger partial charge in [0, 0.05) is 19.0 Å². The van der Waals surface area contributed by atoms with Crippen molar-refractivity contribution in [1.29, 1.82) is 0 Å². The van der Waals surface area contributed by atoms with Gasteiger partial charge in [-0.3, -0.25) is 9.59 Å². The first kappa shape index (κ1) is 20.1. The van der Waals surface area contributed by atoms with Crippen LogP contribution in [0.2, 0.25) is 0 Å². The van der Waals surface area contributed by atoms with E-state index in [-0.39, 0.29) is 24.3 Å². The smallest absolute Gasteiger partial charge is 0.245 e. The third-order valence-electron chi connectivity index (χ3n) is 3.99. The van der Waals surface area contributed by atoms with Crippen LogP contribution in [0.5, 0.6) is 0 Å². The van der Waals surface area contributed by atoms with Crippen LogP contribution in [0.4, 0.5) is 5.13 Å². The number of carbonyl (C=O) groups is 2. The van der Waals surface area contributed by atoms with Crippen LogP contribution < -0.4 is 5.32 Å². The summed E-state index contributed by atoms with van der Waals surface area (Å²) in [4.78, 5) is 31.2. The fourth-order valence-corrected chi connectivity index (χ4v) is 3.38. The molecule has 140 valence electrons. The molecule has 2 aromatic rings. The van der Waals surface area contributed by atoms with E-state index in [2.05, 4.69) is 10.3 Å². The Kier molecular flexibility index (Phi) is 7.74. The Balaban J connectivity index is 2.09. The quantitative estimate of drug-likeness (QED) is 0.731. The number of methoxy groups -OCH3 is 1. The maximum atomic E-state index is 13.1. The SMILES string of the molecule is CC[C@@H](C(=O)N(CCOC)CC(=O)Nc1nc(C)cs1)c1ccccc1. The molecule has 26 heavy (non-hydrogen) atoms. The lowest BCUT2D eigenvalue weighted by Crippen LogP contribution is -2.42. The van der Waals surface area contributed by atoms with Gasteiger partial charge in [0.15, 0.2) is 5.13 Å². The first-order valence-corrected chi connectivity index (χ1v) is 9.47. The number of carbonyl (C=O) groups excluding carboxylic acids is 2. The van der Waals surface area contributed by atoms with Gasteiger partial charge in [-0.05, 0) is 18.9 Å². The Hall–Kier alpha value is -2.25. The maximum Gasteiger partial charge on any atom is 0.245 e. The molecule has 6 nitrogen and oxygen atoms in total. The molecule has 0 saturated heterocycles. The highest BCUT2D eigenvalue weighted by molar-refractivity contribution is 7.13. The molecule has 0 fully saturated rings. The number of rotatable bonds is 9. The summed E-state index contributed by atoms with van der Waals surface area (Å²) >= 11 is 1.37. The summed E-state index contributed by atoms with van der Waals surface area (Å²) < 4.78 is 5.11. The van der Waals surface area contributed by atoms with Crippen LogP contribution in [0.25, 0.3) is 0 Å². The van der Waals surface area contributed by atoms with E-state index in [1.807, 2.05) is 49.6 Å². The van der Waals surface area contributed by atoms with Gasteiger partial charge in [0.25, 0.3) is 0 Å². The predicted octanol–water partition coefficient (Wildman–Crippen LogP) is 3.06. The van der Waals surface area contributed by atoms with Gasteiger partial charge in [-0.2, -0.15) is 0 Å². The summed E-state index contributed by atoms with van der Waals surface area (Å²) in [5.74, 6) is -0.601. The summed E-state index contributed by atoms with van der Waals surface area (Å²) in [7, 11) is 1.58. The summed E-state index contributed by atoms with van der Waals surface area (Å²) in [5.41, 5.74) is 1.81. The highest BCUT2D eigenvalue weighted by atomic mass is 32.1. The zero-order chi connectivity index (χ0) is 18.9. The second-order valence-electron chi connectivity index (χ2n) is 5.97. The summed E-state index contributed by atoms with van der Waals surface area (Å²) in [5, 5.41) is 5.17. The van der Waals surface area contributed by atoms with Gasteiger partial charge >= 0.3 is 0 Å². The second-order valence-corrected chi connectivity index (χ2v) is 6.82. The van der Waals surface area contributed by atoms with Crippen LogP contribution in [0.3, 0.4) is 0 Å². The number of hydrogen-bond donors (Lipinski definition) is 1. The van der Waals surface area contributed by atoms with Gasteiger partial charge in [0.1, 0.15) is 6.54 Å². The topological polar surface area (TPSA) is 71.5 Å². The summed E-state index contributed by atoms with van der Waals surface area (Å²) in [6.07, 6.45) is 0.666. The maximum absolute atomic E-state index is 13.1. The lowest BCUT2D eigenvalue weighted by atomic mass is 9.95. The van der Waals surface area contributed by atoms with Crippen molar-refractivity contribution in [3.05, 3.63) is 47.0 Å². The molecule has 2 rings (SSSR count). The first-order valence-electron chi connectivity index (χ1n) is 8.59. The third-order valence-corrected chi connectivity index (χ3v) is 4.86. The van der Waals surface area contributed by atoms with E-state index in [1.54, 1.807) is 12.0 Å². The fourth-order valence-electron chi connectivity index (χ4n) is 2.67. The van der Waals surface area contributed by atoms with E-state index in [4.69, 9.17) is 4.74 Å². The second kappa shape index (κ2) is 10.0. The van der Waals surface area contributed by atoms with Gasteiger partial charge < -0.3 is 15.0 Å². The van der Waals surface area contributed by atoms with Crippen LogP contribution in [0, 0.1) is 6.92 Å². The van der Waals surface area contributed by atoms with Crippen LogP contribution in [0.1, 0.15) is 30.5 Å². The highest BCUT2D eigenvalue weighted by Gasteiger charge is 2.26. The largest absolute Gasteiger partial charge is 0.383 e. The van der Waals surface area contributed by atoms with Crippen LogP contribution in [-0.4, -0.2) is 48.5 Å².